The molecule has 0 fully saturated rings. The lowest BCUT2D eigenvalue weighted by Gasteiger charge is -2.18. The first-order valence-corrected chi connectivity index (χ1v) is 8.42. The zero-order chi connectivity index (χ0) is 14.6. The van der Waals surface area contributed by atoms with Crippen molar-refractivity contribution in [3.05, 3.63) is 48.0 Å². The van der Waals surface area contributed by atoms with E-state index in [9.17, 15) is 0 Å². The van der Waals surface area contributed by atoms with Crippen LogP contribution in [0.4, 0.5) is 0 Å². The highest BCUT2D eigenvalue weighted by Crippen LogP contribution is 2.16. The van der Waals surface area contributed by atoms with Gasteiger partial charge in [0.1, 0.15) is 0 Å². The monoisotopic (exact) mass is 287 g/mol. The molecule has 0 amide bonds. The van der Waals surface area contributed by atoms with Gasteiger partial charge in [0.25, 0.3) is 0 Å². The van der Waals surface area contributed by atoms with Gasteiger partial charge < -0.3 is 10.1 Å². The predicted octanol–water partition coefficient (Wildman–Crippen LogP) is 3.97. The molecule has 0 bridgehead atoms. The SMILES string of the molecule is C1=CCC(CNCCCCOCCc2ccccc2)CC1. The van der Waals surface area contributed by atoms with Crippen LogP contribution in [0.15, 0.2) is 42.5 Å². The molecule has 1 N–H and O–H groups in total. The maximum Gasteiger partial charge on any atom is 0.0506 e. The fourth-order valence-corrected chi connectivity index (χ4v) is 2.74. The first-order valence-electron chi connectivity index (χ1n) is 8.42. The number of unbranched alkanes of at least 4 members (excludes halogenated alkanes) is 1. The van der Waals surface area contributed by atoms with Crippen molar-refractivity contribution in [1.82, 2.24) is 5.32 Å². The summed E-state index contributed by atoms with van der Waals surface area (Å²) in [7, 11) is 0. The second-order valence-electron chi connectivity index (χ2n) is 5.91. The van der Waals surface area contributed by atoms with Crippen LogP contribution in [-0.2, 0) is 11.2 Å². The Hall–Kier alpha value is -1.12. The highest BCUT2D eigenvalue weighted by molar-refractivity contribution is 5.14. The molecule has 2 rings (SSSR count). The summed E-state index contributed by atoms with van der Waals surface area (Å²) in [6, 6.07) is 10.6. The molecule has 1 unspecified atom stereocenters. The lowest BCUT2D eigenvalue weighted by molar-refractivity contribution is 0.133. The van der Waals surface area contributed by atoms with Crippen LogP contribution in [0.3, 0.4) is 0 Å². The third-order valence-corrected chi connectivity index (χ3v) is 4.08. The number of benzene rings is 1. The Morgan fingerprint density at radius 2 is 1.95 bits per heavy atom. The Bertz CT molecular complexity index is 388. The first-order chi connectivity index (χ1) is 10.4. The van der Waals surface area contributed by atoms with Gasteiger partial charge in [0.05, 0.1) is 6.61 Å². The van der Waals surface area contributed by atoms with Gasteiger partial charge in [-0.3, -0.25) is 0 Å². The average Bonchev–Trinajstić information content (AvgIpc) is 2.55. The molecule has 1 aromatic carbocycles. The van der Waals surface area contributed by atoms with Crippen molar-refractivity contribution in [2.75, 3.05) is 26.3 Å². The van der Waals surface area contributed by atoms with Gasteiger partial charge in [-0.15, -0.1) is 0 Å². The Morgan fingerprint density at radius 3 is 2.76 bits per heavy atom. The van der Waals surface area contributed by atoms with Gasteiger partial charge in [0.15, 0.2) is 0 Å². The summed E-state index contributed by atoms with van der Waals surface area (Å²) in [5.74, 6) is 0.858. The van der Waals surface area contributed by atoms with E-state index in [1.165, 1.54) is 37.8 Å². The zero-order valence-corrected chi connectivity index (χ0v) is 13.1. The highest BCUT2D eigenvalue weighted by Gasteiger charge is 2.08. The summed E-state index contributed by atoms with van der Waals surface area (Å²) < 4.78 is 5.70. The number of hydrogen-bond donors (Lipinski definition) is 1. The van der Waals surface area contributed by atoms with Crippen LogP contribution in [0.25, 0.3) is 0 Å². The van der Waals surface area contributed by atoms with Crippen molar-refractivity contribution in [3.8, 4) is 0 Å². The molecule has 0 saturated carbocycles. The summed E-state index contributed by atoms with van der Waals surface area (Å²) in [6.45, 7) is 4.04. The van der Waals surface area contributed by atoms with Crippen LogP contribution in [0, 0.1) is 5.92 Å². The van der Waals surface area contributed by atoms with Crippen LogP contribution < -0.4 is 5.32 Å². The minimum absolute atomic E-state index is 0.839. The number of rotatable bonds is 10. The van der Waals surface area contributed by atoms with E-state index >= 15 is 0 Å². The van der Waals surface area contributed by atoms with Gasteiger partial charge in [-0.1, -0.05) is 42.5 Å². The molecule has 0 aliphatic heterocycles. The van der Waals surface area contributed by atoms with Gasteiger partial charge in [0, 0.05) is 6.61 Å². The van der Waals surface area contributed by atoms with Crippen LogP contribution in [0.1, 0.15) is 37.7 Å². The van der Waals surface area contributed by atoms with Gasteiger partial charge in [-0.05, 0) is 63.1 Å². The molecule has 21 heavy (non-hydrogen) atoms. The molecule has 1 aliphatic rings. The fourth-order valence-electron chi connectivity index (χ4n) is 2.74. The van der Waals surface area contributed by atoms with Crippen molar-refractivity contribution >= 4 is 0 Å². The average molecular weight is 287 g/mol. The smallest absolute Gasteiger partial charge is 0.0506 e. The molecular weight excluding hydrogens is 258 g/mol. The number of hydrogen-bond acceptors (Lipinski definition) is 2. The van der Waals surface area contributed by atoms with E-state index in [2.05, 4.69) is 47.8 Å². The second kappa shape index (κ2) is 10.6. The van der Waals surface area contributed by atoms with Crippen molar-refractivity contribution < 1.29 is 4.74 Å². The molecule has 0 aromatic heterocycles. The Labute approximate surface area is 129 Å². The maximum absolute atomic E-state index is 5.70. The summed E-state index contributed by atoms with van der Waals surface area (Å²) in [4.78, 5) is 0. The molecule has 2 nitrogen and oxygen atoms in total. The summed E-state index contributed by atoms with van der Waals surface area (Å²) in [6.07, 6.45) is 11.9. The van der Waals surface area contributed by atoms with Gasteiger partial charge in [0.2, 0.25) is 0 Å². The van der Waals surface area contributed by atoms with Crippen LogP contribution >= 0.6 is 0 Å². The summed E-state index contributed by atoms with van der Waals surface area (Å²) >= 11 is 0. The molecule has 1 atom stereocenters. The van der Waals surface area contributed by atoms with Crippen LogP contribution in [-0.4, -0.2) is 26.3 Å². The van der Waals surface area contributed by atoms with Crippen LogP contribution in [0.5, 0.6) is 0 Å². The van der Waals surface area contributed by atoms with Crippen LogP contribution in [0.2, 0.25) is 0 Å². The second-order valence-corrected chi connectivity index (χ2v) is 5.91. The van der Waals surface area contributed by atoms with Gasteiger partial charge >= 0.3 is 0 Å². The number of ether oxygens (including phenoxy) is 1. The van der Waals surface area contributed by atoms with E-state index in [1.807, 2.05) is 0 Å². The quantitative estimate of drug-likeness (QED) is 0.519. The molecule has 0 spiro atoms. The minimum Gasteiger partial charge on any atom is -0.381 e. The number of allylic oxidation sites excluding steroid dienone is 2. The van der Waals surface area contributed by atoms with E-state index in [4.69, 9.17) is 4.74 Å². The van der Waals surface area contributed by atoms with Crippen molar-refractivity contribution in [1.29, 1.82) is 0 Å². The maximum atomic E-state index is 5.70. The highest BCUT2D eigenvalue weighted by atomic mass is 16.5. The van der Waals surface area contributed by atoms with E-state index in [0.717, 1.165) is 38.5 Å². The third kappa shape index (κ3) is 7.45. The summed E-state index contributed by atoms with van der Waals surface area (Å²) in [5, 5.41) is 3.58. The fraction of sp³-hybridized carbons (Fsp3) is 0.579. The molecule has 1 aliphatic carbocycles. The zero-order valence-electron chi connectivity index (χ0n) is 13.1. The number of nitrogens with one attached hydrogen (secondary N) is 1. The van der Waals surface area contributed by atoms with E-state index < -0.39 is 0 Å². The first kappa shape index (κ1) is 16.3. The van der Waals surface area contributed by atoms with Gasteiger partial charge in [-0.25, -0.2) is 0 Å². The largest absolute Gasteiger partial charge is 0.381 e. The van der Waals surface area contributed by atoms with E-state index in [0.29, 0.717) is 0 Å². The third-order valence-electron chi connectivity index (χ3n) is 4.08. The Kier molecular flexibility index (Phi) is 8.19. The van der Waals surface area contributed by atoms with E-state index in [1.54, 1.807) is 0 Å². The molecule has 0 saturated heterocycles. The standard InChI is InChI=1S/C19H29NO/c1-3-9-18(10-4-1)13-16-21-15-8-7-14-20-17-19-11-5-2-6-12-19/h1-5,9-10,19-20H,6-8,11-17H2. The molecule has 0 radical (unpaired) electrons. The lowest BCUT2D eigenvalue weighted by Crippen LogP contribution is -2.24. The Balaban J connectivity index is 1.36. The lowest BCUT2D eigenvalue weighted by atomic mass is 9.94. The molecule has 116 valence electrons. The van der Waals surface area contributed by atoms with Crippen molar-refractivity contribution in [2.24, 2.45) is 5.92 Å². The molecule has 0 heterocycles. The topological polar surface area (TPSA) is 21.3 Å². The summed E-state index contributed by atoms with van der Waals surface area (Å²) in [5.41, 5.74) is 1.36. The van der Waals surface area contributed by atoms with Crippen molar-refractivity contribution in [2.45, 2.75) is 38.5 Å². The molecule has 2 heteroatoms. The van der Waals surface area contributed by atoms with Crippen molar-refractivity contribution in [3.63, 3.8) is 0 Å². The van der Waals surface area contributed by atoms with Gasteiger partial charge in [-0.2, -0.15) is 0 Å². The normalized spacial score (nSPS) is 18.0. The van der Waals surface area contributed by atoms with E-state index in [-0.39, 0.29) is 0 Å². The Morgan fingerprint density at radius 1 is 1.05 bits per heavy atom. The predicted molar refractivity (Wildman–Crippen MR) is 89.5 cm³/mol. The molecule has 1 aromatic rings. The minimum atomic E-state index is 0.839. The molecular formula is C19H29NO.